The molecule has 0 bridgehead atoms. The summed E-state index contributed by atoms with van der Waals surface area (Å²) in [4.78, 5) is 19.9. The minimum atomic E-state index is -0.247. The maximum Gasteiger partial charge on any atom is 0.247 e. The van der Waals surface area contributed by atoms with Crippen LogP contribution < -0.4 is 16.0 Å². The van der Waals surface area contributed by atoms with Gasteiger partial charge in [0.2, 0.25) is 11.9 Å². The molecule has 1 aromatic carbocycles. The maximum absolute atomic E-state index is 11.4. The molecule has 0 saturated heterocycles. The van der Waals surface area contributed by atoms with E-state index in [0.717, 1.165) is 16.9 Å². The van der Waals surface area contributed by atoms with E-state index in [-0.39, 0.29) is 5.91 Å². The fraction of sp³-hybridized carbons (Fsp3) is 0.0500. The topological polar surface area (TPSA) is 125 Å². The van der Waals surface area contributed by atoms with E-state index >= 15 is 0 Å². The van der Waals surface area contributed by atoms with Gasteiger partial charge in [0.25, 0.3) is 0 Å². The molecule has 0 fully saturated rings. The molecule has 31 heavy (non-hydrogen) atoms. The Hall–Kier alpha value is -4.18. The number of amides is 1. The summed E-state index contributed by atoms with van der Waals surface area (Å²) >= 11 is 6.17. The van der Waals surface area contributed by atoms with Crippen LogP contribution in [0, 0.1) is 0 Å². The third-order valence-electron chi connectivity index (χ3n) is 4.15. The number of benzene rings is 1. The van der Waals surface area contributed by atoms with Crippen LogP contribution in [0.25, 0.3) is 0 Å². The van der Waals surface area contributed by atoms with Crippen LogP contribution in [-0.4, -0.2) is 35.9 Å². The highest BCUT2D eigenvalue weighted by Gasteiger charge is 2.08. The van der Waals surface area contributed by atoms with Crippen molar-refractivity contribution < 1.29 is 4.79 Å². The van der Waals surface area contributed by atoms with E-state index in [1.807, 2.05) is 30.5 Å². The Morgan fingerprint density at radius 2 is 1.97 bits per heavy atom. The van der Waals surface area contributed by atoms with Crippen molar-refractivity contribution in [1.29, 1.82) is 0 Å². The van der Waals surface area contributed by atoms with Gasteiger partial charge in [0.1, 0.15) is 5.02 Å². The fourth-order valence-corrected chi connectivity index (χ4v) is 2.83. The first kappa shape index (κ1) is 20.1. The average molecular weight is 436 g/mol. The molecular weight excluding hydrogens is 418 g/mol. The van der Waals surface area contributed by atoms with Gasteiger partial charge in [-0.3, -0.25) is 14.6 Å². The Balaban J connectivity index is 1.40. The van der Waals surface area contributed by atoms with Gasteiger partial charge in [0.05, 0.1) is 36.5 Å². The van der Waals surface area contributed by atoms with Gasteiger partial charge in [0.15, 0.2) is 5.82 Å². The zero-order valence-corrected chi connectivity index (χ0v) is 17.0. The van der Waals surface area contributed by atoms with Crippen LogP contribution in [0.15, 0.2) is 67.9 Å². The molecule has 1 amide bonds. The first-order chi connectivity index (χ1) is 15.1. The number of anilines is 5. The minimum absolute atomic E-state index is 0.247. The number of carbonyl (C=O) groups is 1. The summed E-state index contributed by atoms with van der Waals surface area (Å²) in [6.45, 7) is 4.00. The van der Waals surface area contributed by atoms with Crippen molar-refractivity contribution in [3.05, 3.63) is 78.5 Å². The highest BCUT2D eigenvalue weighted by Crippen LogP contribution is 2.24. The van der Waals surface area contributed by atoms with Crippen LogP contribution in [0.4, 0.5) is 28.8 Å². The molecule has 0 saturated carbocycles. The highest BCUT2D eigenvalue weighted by atomic mass is 35.5. The molecule has 0 aliphatic rings. The number of halogens is 1. The lowest BCUT2D eigenvalue weighted by Crippen LogP contribution is -2.07. The number of nitrogens with zero attached hydrogens (tertiary/aromatic N) is 5. The van der Waals surface area contributed by atoms with Crippen molar-refractivity contribution in [2.75, 3.05) is 16.0 Å². The molecule has 156 valence electrons. The second-order valence-corrected chi connectivity index (χ2v) is 6.85. The zero-order valence-electron chi connectivity index (χ0n) is 16.2. The molecule has 0 unspecified atom stereocenters. The molecule has 0 aliphatic heterocycles. The highest BCUT2D eigenvalue weighted by molar-refractivity contribution is 6.32. The zero-order chi connectivity index (χ0) is 21.6. The van der Waals surface area contributed by atoms with Crippen molar-refractivity contribution in [2.45, 2.75) is 6.54 Å². The molecule has 4 aromatic rings. The van der Waals surface area contributed by atoms with E-state index < -0.39 is 0 Å². The van der Waals surface area contributed by atoms with Gasteiger partial charge < -0.3 is 16.0 Å². The third-order valence-corrected chi connectivity index (χ3v) is 4.42. The summed E-state index contributed by atoms with van der Waals surface area (Å²) in [6.07, 6.45) is 9.57. The Kier molecular flexibility index (Phi) is 5.90. The smallest absolute Gasteiger partial charge is 0.247 e. The van der Waals surface area contributed by atoms with Crippen LogP contribution in [0.1, 0.15) is 5.56 Å². The number of aromatic nitrogens is 6. The second kappa shape index (κ2) is 9.09. The molecule has 0 radical (unpaired) electrons. The van der Waals surface area contributed by atoms with Gasteiger partial charge in [-0.2, -0.15) is 15.2 Å². The predicted octanol–water partition coefficient (Wildman–Crippen LogP) is 3.71. The van der Waals surface area contributed by atoms with Crippen molar-refractivity contribution >= 4 is 46.3 Å². The maximum atomic E-state index is 11.4. The normalized spacial score (nSPS) is 10.5. The van der Waals surface area contributed by atoms with Crippen molar-refractivity contribution in [1.82, 2.24) is 29.9 Å². The molecule has 3 aromatic heterocycles. The van der Waals surface area contributed by atoms with Gasteiger partial charge in [-0.25, -0.2) is 4.98 Å². The summed E-state index contributed by atoms with van der Waals surface area (Å²) in [6, 6.07) is 7.50. The van der Waals surface area contributed by atoms with Crippen molar-refractivity contribution in [3.8, 4) is 0 Å². The summed E-state index contributed by atoms with van der Waals surface area (Å²) < 4.78 is 1.78. The van der Waals surface area contributed by atoms with Gasteiger partial charge in [-0.15, -0.1) is 0 Å². The molecule has 11 heteroatoms. The standard InChI is InChI=1S/C20H18ClN9O/c1-2-18(31)26-14-5-3-13(4-6-14)11-30-12-16(9-25-30)28-20-22-10-17(21)19(29-20)27-15-7-23-24-8-15/h2-10,12H,1,11H2,(H,23,24)(H,26,31)(H2,22,27,28,29). The lowest BCUT2D eigenvalue weighted by atomic mass is 10.2. The van der Waals surface area contributed by atoms with E-state index in [9.17, 15) is 4.79 Å². The molecule has 0 atom stereocenters. The number of nitrogens with one attached hydrogen (secondary N) is 4. The SMILES string of the molecule is C=CC(=O)Nc1ccc(Cn2cc(Nc3ncc(Cl)c(Nc4cn[nH]c4)n3)cn2)cc1. The quantitative estimate of drug-likeness (QED) is 0.311. The van der Waals surface area contributed by atoms with Gasteiger partial charge >= 0.3 is 0 Å². The monoisotopic (exact) mass is 435 g/mol. The first-order valence-electron chi connectivity index (χ1n) is 9.19. The summed E-state index contributed by atoms with van der Waals surface area (Å²) in [7, 11) is 0. The minimum Gasteiger partial charge on any atom is -0.336 e. The molecular formula is C20H18ClN9O. The first-order valence-corrected chi connectivity index (χ1v) is 9.57. The predicted molar refractivity (Wildman–Crippen MR) is 119 cm³/mol. The van der Waals surface area contributed by atoms with E-state index in [0.29, 0.717) is 29.0 Å². The van der Waals surface area contributed by atoms with E-state index in [2.05, 4.69) is 47.8 Å². The Morgan fingerprint density at radius 1 is 1.13 bits per heavy atom. The van der Waals surface area contributed by atoms with Crippen LogP contribution in [-0.2, 0) is 11.3 Å². The second-order valence-electron chi connectivity index (χ2n) is 6.44. The summed E-state index contributed by atoms with van der Waals surface area (Å²) in [5.74, 6) is 0.580. The number of rotatable bonds is 8. The third kappa shape index (κ3) is 5.25. The Bertz CT molecular complexity index is 1190. The summed E-state index contributed by atoms with van der Waals surface area (Å²) in [5, 5.41) is 20.2. The number of hydrogen-bond donors (Lipinski definition) is 4. The summed E-state index contributed by atoms with van der Waals surface area (Å²) in [5.41, 5.74) is 3.19. The van der Waals surface area contributed by atoms with Crippen molar-refractivity contribution in [2.24, 2.45) is 0 Å². The lowest BCUT2D eigenvalue weighted by Gasteiger charge is -2.07. The molecule has 0 aliphatic carbocycles. The van der Waals surface area contributed by atoms with Crippen LogP contribution in [0.5, 0.6) is 0 Å². The van der Waals surface area contributed by atoms with E-state index in [1.165, 1.54) is 12.3 Å². The van der Waals surface area contributed by atoms with Crippen LogP contribution in [0.3, 0.4) is 0 Å². The molecule has 3 heterocycles. The molecule has 4 N–H and O–H groups in total. The number of hydrogen-bond acceptors (Lipinski definition) is 7. The van der Waals surface area contributed by atoms with Gasteiger partial charge in [-0.1, -0.05) is 30.3 Å². The molecule has 4 rings (SSSR count). The van der Waals surface area contributed by atoms with Crippen molar-refractivity contribution in [3.63, 3.8) is 0 Å². The van der Waals surface area contributed by atoms with Crippen LogP contribution in [0.2, 0.25) is 5.02 Å². The van der Waals surface area contributed by atoms with Crippen LogP contribution >= 0.6 is 11.6 Å². The van der Waals surface area contributed by atoms with E-state index in [4.69, 9.17) is 11.6 Å². The van der Waals surface area contributed by atoms with E-state index in [1.54, 1.807) is 23.3 Å². The number of aromatic amines is 1. The number of carbonyl (C=O) groups excluding carboxylic acids is 1. The lowest BCUT2D eigenvalue weighted by molar-refractivity contribution is -0.111. The molecule has 10 nitrogen and oxygen atoms in total. The van der Waals surface area contributed by atoms with Gasteiger partial charge in [0, 0.05) is 18.1 Å². The molecule has 0 spiro atoms. The number of H-pyrrole nitrogens is 1. The Labute approximate surface area is 182 Å². The Morgan fingerprint density at radius 3 is 2.71 bits per heavy atom. The van der Waals surface area contributed by atoms with Gasteiger partial charge in [-0.05, 0) is 23.8 Å². The fourth-order valence-electron chi connectivity index (χ4n) is 2.69. The largest absolute Gasteiger partial charge is 0.336 e. The average Bonchev–Trinajstić information content (AvgIpc) is 3.44.